The predicted octanol–water partition coefficient (Wildman–Crippen LogP) is 3.09. The molecule has 2 aliphatic heterocycles. The molecule has 166 valence electrons. The third-order valence-corrected chi connectivity index (χ3v) is 6.41. The van der Waals surface area contributed by atoms with Gasteiger partial charge >= 0.3 is 5.97 Å². The fourth-order valence-electron chi connectivity index (χ4n) is 4.30. The van der Waals surface area contributed by atoms with Crippen LogP contribution < -0.4 is 0 Å². The highest BCUT2D eigenvalue weighted by Crippen LogP contribution is 2.48. The fourth-order valence-corrected chi connectivity index (χ4v) is 4.56. The number of hydrogen-bond donors (Lipinski definition) is 1. The van der Waals surface area contributed by atoms with Crippen LogP contribution >= 0.6 is 15.9 Å². The Balaban J connectivity index is 1.89. The minimum atomic E-state index is -1.62. The van der Waals surface area contributed by atoms with Crippen LogP contribution in [0.5, 0.6) is 0 Å². The number of ether oxygens (including phenoxy) is 5. The lowest BCUT2D eigenvalue weighted by Crippen LogP contribution is -2.69. The van der Waals surface area contributed by atoms with Crippen LogP contribution in [0.1, 0.15) is 24.3 Å². The lowest BCUT2D eigenvalue weighted by Gasteiger charge is -2.54. The number of rotatable bonds is 4. The highest BCUT2D eigenvalue weighted by molar-refractivity contribution is 9.10. The van der Waals surface area contributed by atoms with Gasteiger partial charge in [0.25, 0.3) is 0 Å². The Morgan fingerprint density at radius 2 is 1.74 bits per heavy atom. The number of fused-ring (bicyclic) bond motifs is 1. The summed E-state index contributed by atoms with van der Waals surface area (Å²) in [4.78, 5) is 13.4. The zero-order chi connectivity index (χ0) is 22.2. The van der Waals surface area contributed by atoms with E-state index in [1.807, 2.05) is 42.5 Å². The number of aliphatic hydroxyl groups is 1. The summed E-state index contributed by atoms with van der Waals surface area (Å²) in [6, 6.07) is 16.5. The van der Waals surface area contributed by atoms with Crippen molar-refractivity contribution in [1.29, 1.82) is 0 Å². The average molecular weight is 493 g/mol. The minimum Gasteiger partial charge on any atom is -0.467 e. The van der Waals surface area contributed by atoms with Crippen LogP contribution in [-0.4, -0.2) is 55.8 Å². The first kappa shape index (κ1) is 22.4. The van der Waals surface area contributed by atoms with Crippen molar-refractivity contribution < 1.29 is 33.6 Å². The number of hydrogen-bond acceptors (Lipinski definition) is 7. The summed E-state index contributed by atoms with van der Waals surface area (Å²) >= 11 is 3.42. The van der Waals surface area contributed by atoms with E-state index in [2.05, 4.69) is 15.9 Å². The van der Waals surface area contributed by atoms with E-state index in [0.717, 1.165) is 4.47 Å². The van der Waals surface area contributed by atoms with Crippen LogP contribution in [0.25, 0.3) is 0 Å². The van der Waals surface area contributed by atoms with E-state index in [4.69, 9.17) is 23.7 Å². The highest BCUT2D eigenvalue weighted by atomic mass is 79.9. The van der Waals surface area contributed by atoms with Gasteiger partial charge in [0.05, 0.1) is 13.2 Å². The van der Waals surface area contributed by atoms with Gasteiger partial charge in [-0.3, -0.25) is 0 Å². The van der Waals surface area contributed by atoms with Gasteiger partial charge in [-0.05, 0) is 24.6 Å². The Morgan fingerprint density at radius 3 is 2.35 bits per heavy atom. The van der Waals surface area contributed by atoms with Gasteiger partial charge in [0.1, 0.15) is 24.4 Å². The van der Waals surface area contributed by atoms with Crippen molar-refractivity contribution in [3.8, 4) is 0 Å². The molecule has 0 aromatic heterocycles. The monoisotopic (exact) mass is 492 g/mol. The minimum absolute atomic E-state index is 0.570. The van der Waals surface area contributed by atoms with Crippen molar-refractivity contribution in [2.75, 3.05) is 14.2 Å². The van der Waals surface area contributed by atoms with Gasteiger partial charge < -0.3 is 28.8 Å². The molecule has 2 aromatic carbocycles. The molecule has 4 rings (SSSR count). The summed E-state index contributed by atoms with van der Waals surface area (Å²) in [6.45, 7) is 1.72. The van der Waals surface area contributed by atoms with Crippen molar-refractivity contribution in [3.63, 3.8) is 0 Å². The zero-order valence-electron chi connectivity index (χ0n) is 17.4. The van der Waals surface area contributed by atoms with Gasteiger partial charge in [-0.1, -0.05) is 58.4 Å². The molecule has 31 heavy (non-hydrogen) atoms. The van der Waals surface area contributed by atoms with Crippen LogP contribution in [-0.2, 0) is 34.1 Å². The molecule has 2 saturated heterocycles. The largest absolute Gasteiger partial charge is 0.467 e. The molecule has 2 aromatic rings. The Bertz CT molecular complexity index is 906. The van der Waals surface area contributed by atoms with Crippen LogP contribution in [0.15, 0.2) is 59.1 Å². The van der Waals surface area contributed by atoms with Crippen molar-refractivity contribution >= 4 is 21.9 Å². The van der Waals surface area contributed by atoms with Gasteiger partial charge in [-0.25, -0.2) is 4.79 Å². The second-order valence-electron chi connectivity index (χ2n) is 7.65. The summed E-state index contributed by atoms with van der Waals surface area (Å²) in [7, 11) is 2.81. The standard InChI is InChI=1S/C23H25BrO7/c1-13-17(25)18(27-2)19-20(29-13)23(22(26)28-3,15-7-5-4-6-8-15)31-21(30-19)14-9-11-16(24)12-10-14/h4-13,17-21,25H,1-3H3/t13-,17-,18-,19+,20+,21+,23-/m1/s1. The van der Waals surface area contributed by atoms with E-state index in [1.165, 1.54) is 14.2 Å². The van der Waals surface area contributed by atoms with Gasteiger partial charge in [0, 0.05) is 17.1 Å². The third-order valence-electron chi connectivity index (χ3n) is 5.88. The van der Waals surface area contributed by atoms with Crippen molar-refractivity contribution in [2.24, 2.45) is 0 Å². The maximum absolute atomic E-state index is 13.4. The lowest BCUT2D eigenvalue weighted by atomic mass is 9.79. The highest BCUT2D eigenvalue weighted by Gasteiger charge is 2.64. The van der Waals surface area contributed by atoms with Gasteiger partial charge in [-0.2, -0.15) is 0 Å². The van der Waals surface area contributed by atoms with Crippen LogP contribution in [0, 0.1) is 0 Å². The quantitative estimate of drug-likeness (QED) is 0.656. The number of methoxy groups -OCH3 is 2. The molecule has 0 spiro atoms. The molecule has 0 amide bonds. The van der Waals surface area contributed by atoms with E-state index in [0.29, 0.717) is 11.1 Å². The first-order valence-corrected chi connectivity index (χ1v) is 10.8. The molecule has 7 nitrogen and oxygen atoms in total. The molecule has 0 unspecified atom stereocenters. The molecule has 1 N–H and O–H groups in total. The second-order valence-corrected chi connectivity index (χ2v) is 8.56. The van der Waals surface area contributed by atoms with Crippen molar-refractivity contribution in [2.45, 2.75) is 49.3 Å². The molecule has 0 bridgehead atoms. The van der Waals surface area contributed by atoms with E-state index in [9.17, 15) is 9.90 Å². The Kier molecular flexibility index (Phi) is 6.48. The average Bonchev–Trinajstić information content (AvgIpc) is 2.80. The van der Waals surface area contributed by atoms with Gasteiger partial charge in [0.2, 0.25) is 5.60 Å². The molecule has 2 fully saturated rings. The number of aliphatic hydroxyl groups excluding tert-OH is 1. The number of halogens is 1. The molecule has 2 heterocycles. The molecule has 2 aliphatic rings. The van der Waals surface area contributed by atoms with E-state index in [-0.39, 0.29) is 0 Å². The molecule has 0 saturated carbocycles. The maximum Gasteiger partial charge on any atom is 0.345 e. The van der Waals surface area contributed by atoms with E-state index >= 15 is 0 Å². The molecular formula is C23H25BrO7. The molecular weight excluding hydrogens is 468 g/mol. The SMILES string of the molecule is COC(=O)[C@]1(c2ccccc2)O[C@@H](c2ccc(Br)cc2)O[C@H]2[C@H](OC)[C@H](O)[C@@H](C)O[C@@H]21. The summed E-state index contributed by atoms with van der Waals surface area (Å²) in [5, 5.41) is 10.7. The van der Waals surface area contributed by atoms with Crippen molar-refractivity contribution in [3.05, 3.63) is 70.2 Å². The smallest absolute Gasteiger partial charge is 0.345 e. The van der Waals surface area contributed by atoms with E-state index < -0.39 is 48.4 Å². The van der Waals surface area contributed by atoms with Crippen molar-refractivity contribution in [1.82, 2.24) is 0 Å². The van der Waals surface area contributed by atoms with Crippen LogP contribution in [0.3, 0.4) is 0 Å². The number of carbonyl (C=O) groups excluding carboxylic acids is 1. The van der Waals surface area contributed by atoms with E-state index in [1.54, 1.807) is 19.1 Å². The molecule has 7 atom stereocenters. The predicted molar refractivity (Wildman–Crippen MR) is 114 cm³/mol. The fraction of sp³-hybridized carbons (Fsp3) is 0.435. The molecule has 8 heteroatoms. The lowest BCUT2D eigenvalue weighted by molar-refractivity contribution is -0.379. The summed E-state index contributed by atoms with van der Waals surface area (Å²) in [6.07, 6.45) is -4.91. The van der Waals surface area contributed by atoms with Crippen LogP contribution in [0.2, 0.25) is 0 Å². The van der Waals surface area contributed by atoms with Gasteiger partial charge in [-0.15, -0.1) is 0 Å². The number of carbonyl (C=O) groups is 1. The van der Waals surface area contributed by atoms with Crippen LogP contribution in [0.4, 0.5) is 0 Å². The first-order chi connectivity index (χ1) is 14.9. The third kappa shape index (κ3) is 3.82. The second kappa shape index (κ2) is 8.97. The summed E-state index contributed by atoms with van der Waals surface area (Å²) in [5.74, 6) is -0.613. The summed E-state index contributed by atoms with van der Waals surface area (Å²) < 4.78 is 30.5. The topological polar surface area (TPSA) is 83.5 Å². The Morgan fingerprint density at radius 1 is 1.06 bits per heavy atom. The number of benzene rings is 2. The Hall–Kier alpha value is -1.81. The normalized spacial score (nSPS) is 35.3. The first-order valence-electron chi connectivity index (χ1n) is 10.0. The molecule has 0 aliphatic carbocycles. The zero-order valence-corrected chi connectivity index (χ0v) is 19.0. The maximum atomic E-state index is 13.4. The molecule has 0 radical (unpaired) electrons. The number of esters is 1. The van der Waals surface area contributed by atoms with Gasteiger partial charge in [0.15, 0.2) is 6.29 Å². The Labute approximate surface area is 189 Å². The summed E-state index contributed by atoms with van der Waals surface area (Å²) in [5.41, 5.74) is -0.350.